The van der Waals surface area contributed by atoms with Crippen molar-refractivity contribution in [1.82, 2.24) is 14.7 Å². The molecular formula is C16H27N3O. The first kappa shape index (κ1) is 13.1. The third-order valence-corrected chi connectivity index (χ3v) is 6.19. The van der Waals surface area contributed by atoms with Crippen molar-refractivity contribution in [2.24, 2.45) is 11.8 Å². The second kappa shape index (κ2) is 4.99. The topological polar surface area (TPSA) is 26.8 Å². The smallest absolute Gasteiger partial charge is 0.227 e. The van der Waals surface area contributed by atoms with Crippen molar-refractivity contribution < 1.29 is 4.79 Å². The van der Waals surface area contributed by atoms with Crippen LogP contribution in [-0.2, 0) is 4.79 Å². The van der Waals surface area contributed by atoms with E-state index in [4.69, 9.17) is 0 Å². The Morgan fingerprint density at radius 3 is 2.50 bits per heavy atom. The first-order valence-electron chi connectivity index (χ1n) is 8.49. The van der Waals surface area contributed by atoms with Gasteiger partial charge in [-0.2, -0.15) is 0 Å². The molecule has 0 N–H and O–H groups in total. The molecule has 3 atom stereocenters. The number of carbonyl (C=O) groups is 1. The van der Waals surface area contributed by atoms with E-state index in [1.165, 1.54) is 45.3 Å². The van der Waals surface area contributed by atoms with Crippen LogP contribution < -0.4 is 0 Å². The van der Waals surface area contributed by atoms with Gasteiger partial charge >= 0.3 is 0 Å². The van der Waals surface area contributed by atoms with Gasteiger partial charge in [0, 0.05) is 31.7 Å². The number of hydrogen-bond acceptors (Lipinski definition) is 3. The molecule has 0 spiro atoms. The Morgan fingerprint density at radius 1 is 1.00 bits per heavy atom. The van der Waals surface area contributed by atoms with Gasteiger partial charge in [-0.25, -0.2) is 0 Å². The van der Waals surface area contributed by atoms with E-state index in [1.54, 1.807) is 0 Å². The Bertz CT molecular complexity index is 391. The largest absolute Gasteiger partial charge is 0.337 e. The molecule has 0 saturated carbocycles. The zero-order valence-electron chi connectivity index (χ0n) is 12.6. The number of piperazine rings is 1. The molecule has 20 heavy (non-hydrogen) atoms. The summed E-state index contributed by atoms with van der Waals surface area (Å²) in [7, 11) is 0. The number of rotatable bonds is 1. The van der Waals surface area contributed by atoms with Gasteiger partial charge in [-0.05, 0) is 58.2 Å². The molecule has 5 fully saturated rings. The van der Waals surface area contributed by atoms with Crippen molar-refractivity contribution in [2.75, 3.05) is 39.3 Å². The summed E-state index contributed by atoms with van der Waals surface area (Å²) in [5, 5.41) is 0. The maximum atomic E-state index is 13.0. The van der Waals surface area contributed by atoms with Crippen molar-refractivity contribution >= 4 is 5.91 Å². The van der Waals surface area contributed by atoms with Crippen LogP contribution in [0.25, 0.3) is 0 Å². The fourth-order valence-electron chi connectivity index (χ4n) is 4.95. The monoisotopic (exact) mass is 277 g/mol. The molecular weight excluding hydrogens is 250 g/mol. The standard InChI is InChI=1S/C16H27N3O/c1-12-9-18-6-2-3-14(18)10-19(12)16(20)15-11-17-7-4-13(15)5-8-17/h12-15H,2-11H2,1H3. The Morgan fingerprint density at radius 2 is 1.80 bits per heavy atom. The summed E-state index contributed by atoms with van der Waals surface area (Å²) in [5.41, 5.74) is 0. The summed E-state index contributed by atoms with van der Waals surface area (Å²) in [5.74, 6) is 1.44. The van der Waals surface area contributed by atoms with Gasteiger partial charge in [-0.1, -0.05) is 0 Å². The lowest BCUT2D eigenvalue weighted by Gasteiger charge is -2.48. The van der Waals surface area contributed by atoms with Crippen LogP contribution in [0.3, 0.4) is 0 Å². The molecule has 4 heteroatoms. The fraction of sp³-hybridized carbons (Fsp3) is 0.938. The molecule has 0 aromatic rings. The Kier molecular flexibility index (Phi) is 3.26. The van der Waals surface area contributed by atoms with Crippen LogP contribution in [0.5, 0.6) is 0 Å². The minimum Gasteiger partial charge on any atom is -0.337 e. The first-order chi connectivity index (χ1) is 9.72. The van der Waals surface area contributed by atoms with E-state index in [0.717, 1.165) is 19.6 Å². The average molecular weight is 277 g/mol. The molecule has 112 valence electrons. The lowest BCUT2D eigenvalue weighted by Crippen LogP contribution is -2.61. The van der Waals surface area contributed by atoms with E-state index in [-0.39, 0.29) is 0 Å². The van der Waals surface area contributed by atoms with Crippen LogP contribution in [0.1, 0.15) is 32.6 Å². The molecule has 5 aliphatic heterocycles. The summed E-state index contributed by atoms with van der Waals surface area (Å²) in [6, 6.07) is 1.06. The van der Waals surface area contributed by atoms with E-state index >= 15 is 0 Å². The van der Waals surface area contributed by atoms with Crippen molar-refractivity contribution in [3.05, 3.63) is 0 Å². The Hall–Kier alpha value is -0.610. The van der Waals surface area contributed by atoms with Gasteiger partial charge in [0.05, 0.1) is 5.92 Å². The van der Waals surface area contributed by atoms with Crippen molar-refractivity contribution in [1.29, 1.82) is 0 Å². The maximum absolute atomic E-state index is 13.0. The molecule has 3 unspecified atom stereocenters. The normalized spacial score (nSPS) is 44.6. The summed E-state index contributed by atoms with van der Waals surface area (Å²) < 4.78 is 0. The highest BCUT2D eigenvalue weighted by atomic mass is 16.2. The number of nitrogens with zero attached hydrogens (tertiary/aromatic N) is 3. The maximum Gasteiger partial charge on any atom is 0.227 e. The molecule has 1 amide bonds. The number of fused-ring (bicyclic) bond motifs is 4. The zero-order valence-corrected chi connectivity index (χ0v) is 12.6. The molecule has 0 radical (unpaired) electrons. The van der Waals surface area contributed by atoms with Crippen LogP contribution >= 0.6 is 0 Å². The Balaban J connectivity index is 1.47. The van der Waals surface area contributed by atoms with Crippen molar-refractivity contribution in [3.8, 4) is 0 Å². The van der Waals surface area contributed by atoms with Crippen molar-refractivity contribution in [2.45, 2.75) is 44.7 Å². The van der Waals surface area contributed by atoms with Crippen molar-refractivity contribution in [3.63, 3.8) is 0 Å². The SMILES string of the molecule is CC1CN2CCCC2CN1C(=O)C1CN2CCC1CC2. The number of amides is 1. The van der Waals surface area contributed by atoms with Crippen LogP contribution in [0.4, 0.5) is 0 Å². The molecule has 5 saturated heterocycles. The molecule has 2 bridgehead atoms. The quantitative estimate of drug-likeness (QED) is 0.716. The number of piperidine rings is 3. The highest BCUT2D eigenvalue weighted by molar-refractivity contribution is 5.80. The average Bonchev–Trinajstić information content (AvgIpc) is 2.94. The van der Waals surface area contributed by atoms with Crippen LogP contribution in [0.2, 0.25) is 0 Å². The molecule has 5 aliphatic rings. The van der Waals surface area contributed by atoms with Gasteiger partial charge in [-0.15, -0.1) is 0 Å². The predicted octanol–water partition coefficient (Wildman–Crippen LogP) is 1.02. The van der Waals surface area contributed by atoms with Gasteiger partial charge < -0.3 is 9.80 Å². The molecule has 0 aliphatic carbocycles. The second-order valence-corrected chi connectivity index (χ2v) is 7.38. The lowest BCUT2D eigenvalue weighted by atomic mass is 9.78. The summed E-state index contributed by atoms with van der Waals surface area (Å²) in [4.78, 5) is 20.4. The lowest BCUT2D eigenvalue weighted by molar-refractivity contribution is -0.147. The van der Waals surface area contributed by atoms with Gasteiger partial charge in [-0.3, -0.25) is 9.69 Å². The summed E-state index contributed by atoms with van der Waals surface area (Å²) in [6.07, 6.45) is 5.10. The highest BCUT2D eigenvalue weighted by Crippen LogP contribution is 2.35. The van der Waals surface area contributed by atoms with E-state index in [0.29, 0.717) is 29.8 Å². The van der Waals surface area contributed by atoms with E-state index < -0.39 is 0 Å². The highest BCUT2D eigenvalue weighted by Gasteiger charge is 2.43. The Labute approximate surface area is 122 Å². The van der Waals surface area contributed by atoms with E-state index in [9.17, 15) is 4.79 Å². The molecule has 0 aromatic carbocycles. The third kappa shape index (κ3) is 2.08. The summed E-state index contributed by atoms with van der Waals surface area (Å²) in [6.45, 7) is 9.05. The van der Waals surface area contributed by atoms with E-state index in [1.807, 2.05) is 0 Å². The molecule has 5 heterocycles. The van der Waals surface area contributed by atoms with E-state index in [2.05, 4.69) is 21.6 Å². The molecule has 5 rings (SSSR count). The first-order valence-corrected chi connectivity index (χ1v) is 8.49. The molecule has 0 aromatic heterocycles. The predicted molar refractivity (Wildman–Crippen MR) is 78.4 cm³/mol. The van der Waals surface area contributed by atoms with Crippen LogP contribution in [0, 0.1) is 11.8 Å². The van der Waals surface area contributed by atoms with Gasteiger partial charge in [0.25, 0.3) is 0 Å². The second-order valence-electron chi connectivity index (χ2n) is 7.38. The van der Waals surface area contributed by atoms with Gasteiger partial charge in [0.2, 0.25) is 5.91 Å². The van der Waals surface area contributed by atoms with Gasteiger partial charge in [0.15, 0.2) is 0 Å². The molecule has 4 nitrogen and oxygen atoms in total. The van der Waals surface area contributed by atoms with Gasteiger partial charge in [0.1, 0.15) is 0 Å². The van der Waals surface area contributed by atoms with Crippen LogP contribution in [-0.4, -0.2) is 72.0 Å². The number of carbonyl (C=O) groups excluding carboxylic acids is 1. The number of hydrogen-bond donors (Lipinski definition) is 0. The fourth-order valence-corrected chi connectivity index (χ4v) is 4.95. The third-order valence-electron chi connectivity index (χ3n) is 6.19. The minimum atomic E-state index is 0.299. The van der Waals surface area contributed by atoms with Crippen LogP contribution in [0.15, 0.2) is 0 Å². The zero-order chi connectivity index (χ0) is 13.7. The minimum absolute atomic E-state index is 0.299. The summed E-state index contributed by atoms with van der Waals surface area (Å²) >= 11 is 0.